The van der Waals surface area contributed by atoms with Crippen LogP contribution in [0.4, 0.5) is 5.69 Å². The number of carbonyl (C=O) groups is 1. The van der Waals surface area contributed by atoms with Gasteiger partial charge in [-0.05, 0) is 37.9 Å². The van der Waals surface area contributed by atoms with Crippen LogP contribution in [-0.2, 0) is 14.3 Å². The Labute approximate surface area is 125 Å². The van der Waals surface area contributed by atoms with Crippen LogP contribution >= 0.6 is 0 Å². The Kier molecular flexibility index (Phi) is 4.24. The highest BCUT2D eigenvalue weighted by Gasteiger charge is 2.39. The van der Waals surface area contributed by atoms with Crippen molar-refractivity contribution < 1.29 is 14.3 Å². The van der Waals surface area contributed by atoms with Crippen molar-refractivity contribution in [3.63, 3.8) is 0 Å². The molecule has 2 N–H and O–H groups in total. The molecule has 1 aromatic carbocycles. The predicted octanol–water partition coefficient (Wildman–Crippen LogP) is 2.20. The van der Waals surface area contributed by atoms with Crippen molar-refractivity contribution in [1.29, 1.82) is 0 Å². The van der Waals surface area contributed by atoms with E-state index in [0.717, 1.165) is 37.1 Å². The van der Waals surface area contributed by atoms with Gasteiger partial charge in [-0.1, -0.05) is 19.1 Å². The van der Waals surface area contributed by atoms with Gasteiger partial charge in [0, 0.05) is 11.3 Å². The van der Waals surface area contributed by atoms with Crippen LogP contribution in [0, 0.1) is 0 Å². The average Bonchev–Trinajstić information content (AvgIpc) is 3.20. The van der Waals surface area contributed by atoms with Crippen LogP contribution in [0.3, 0.4) is 0 Å². The smallest absolute Gasteiger partial charge is 0.244 e. The largest absolute Gasteiger partial charge is 0.346 e. The van der Waals surface area contributed by atoms with Crippen molar-refractivity contribution in [3.8, 4) is 0 Å². The lowest BCUT2D eigenvalue weighted by Gasteiger charge is -2.26. The molecule has 114 valence electrons. The number of hydrogen-bond acceptors (Lipinski definition) is 4. The van der Waals surface area contributed by atoms with Crippen molar-refractivity contribution in [2.45, 2.75) is 38.0 Å². The van der Waals surface area contributed by atoms with Gasteiger partial charge in [0.1, 0.15) is 0 Å². The summed E-state index contributed by atoms with van der Waals surface area (Å²) < 4.78 is 11.0. The maximum Gasteiger partial charge on any atom is 0.244 e. The van der Waals surface area contributed by atoms with Crippen molar-refractivity contribution in [1.82, 2.24) is 5.32 Å². The first-order valence-electron chi connectivity index (χ1n) is 7.63. The fraction of sp³-hybridized carbons (Fsp3) is 0.562. The van der Waals surface area contributed by atoms with E-state index in [2.05, 4.69) is 17.6 Å². The van der Waals surface area contributed by atoms with Gasteiger partial charge in [-0.15, -0.1) is 0 Å². The molecule has 0 saturated carbocycles. The van der Waals surface area contributed by atoms with Gasteiger partial charge in [0.2, 0.25) is 5.91 Å². The highest BCUT2D eigenvalue weighted by Crippen LogP contribution is 2.27. The maximum atomic E-state index is 12.6. The summed E-state index contributed by atoms with van der Waals surface area (Å²) in [5.74, 6) is 0.0490. The van der Waals surface area contributed by atoms with Crippen molar-refractivity contribution in [3.05, 3.63) is 29.8 Å². The molecule has 2 saturated heterocycles. The number of anilines is 1. The molecule has 0 spiro atoms. The second-order valence-corrected chi connectivity index (χ2v) is 5.62. The number of carbonyl (C=O) groups excluding carboxylic acids is 1. The summed E-state index contributed by atoms with van der Waals surface area (Å²) in [5.41, 5.74) is 1.31. The van der Waals surface area contributed by atoms with Crippen molar-refractivity contribution >= 4 is 11.6 Å². The number of amides is 1. The first-order chi connectivity index (χ1) is 10.2. The summed E-state index contributed by atoms with van der Waals surface area (Å²) in [5, 5.41) is 6.38. The highest BCUT2D eigenvalue weighted by atomic mass is 16.7. The third-order valence-electron chi connectivity index (χ3n) is 4.32. The van der Waals surface area contributed by atoms with E-state index >= 15 is 0 Å². The van der Waals surface area contributed by atoms with Gasteiger partial charge in [-0.3, -0.25) is 4.79 Å². The summed E-state index contributed by atoms with van der Waals surface area (Å²) >= 11 is 0. The summed E-state index contributed by atoms with van der Waals surface area (Å²) in [6.07, 6.45) is 2.43. The molecule has 1 unspecified atom stereocenters. The molecule has 1 atom stereocenters. The molecule has 2 aliphatic rings. The third kappa shape index (κ3) is 2.95. The number of hydrogen-bond donors (Lipinski definition) is 2. The van der Waals surface area contributed by atoms with Crippen LogP contribution in [0.25, 0.3) is 0 Å². The van der Waals surface area contributed by atoms with E-state index in [1.807, 2.05) is 24.3 Å². The monoisotopic (exact) mass is 290 g/mol. The zero-order chi connectivity index (χ0) is 14.7. The van der Waals surface area contributed by atoms with Gasteiger partial charge in [-0.25, -0.2) is 0 Å². The van der Waals surface area contributed by atoms with Gasteiger partial charge in [0.25, 0.3) is 0 Å². The summed E-state index contributed by atoms with van der Waals surface area (Å²) in [6, 6.07) is 7.69. The molecule has 21 heavy (non-hydrogen) atoms. The zero-order valence-electron chi connectivity index (χ0n) is 12.4. The van der Waals surface area contributed by atoms with Crippen LogP contribution in [0.15, 0.2) is 24.3 Å². The molecule has 0 aromatic heterocycles. The zero-order valence-corrected chi connectivity index (χ0v) is 12.4. The SMILES string of the molecule is CCC1(C(=O)Nc2cccc(C3OCCO3)c2)CCCN1. The van der Waals surface area contributed by atoms with Crippen LogP contribution in [0.5, 0.6) is 0 Å². The topological polar surface area (TPSA) is 59.6 Å². The minimum atomic E-state index is -0.420. The van der Waals surface area contributed by atoms with Crippen LogP contribution < -0.4 is 10.6 Å². The molecule has 0 aliphatic carbocycles. The van der Waals surface area contributed by atoms with Gasteiger partial charge >= 0.3 is 0 Å². The highest BCUT2D eigenvalue weighted by molar-refractivity contribution is 5.98. The Balaban J connectivity index is 1.72. The Hall–Kier alpha value is -1.43. The standard InChI is InChI=1S/C16H22N2O3/c1-2-16(7-4-8-17-16)15(19)18-13-6-3-5-12(11-13)14-20-9-10-21-14/h3,5-6,11,14,17H,2,4,7-10H2,1H3,(H,18,19). The number of benzene rings is 1. The Bertz CT molecular complexity index is 506. The molecule has 2 fully saturated rings. The third-order valence-corrected chi connectivity index (χ3v) is 4.32. The number of nitrogens with one attached hydrogen (secondary N) is 2. The molecule has 5 heteroatoms. The van der Waals surface area contributed by atoms with E-state index in [9.17, 15) is 4.79 Å². The molecule has 0 bridgehead atoms. The molecule has 2 heterocycles. The van der Waals surface area contributed by atoms with Crippen LogP contribution in [0.2, 0.25) is 0 Å². The fourth-order valence-electron chi connectivity index (χ4n) is 3.03. The van der Waals surface area contributed by atoms with Crippen LogP contribution in [-0.4, -0.2) is 31.2 Å². The van der Waals surface area contributed by atoms with Crippen LogP contribution in [0.1, 0.15) is 38.0 Å². The average molecular weight is 290 g/mol. The van der Waals surface area contributed by atoms with E-state index in [1.165, 1.54) is 0 Å². The molecule has 5 nitrogen and oxygen atoms in total. The van der Waals surface area contributed by atoms with E-state index < -0.39 is 5.54 Å². The second-order valence-electron chi connectivity index (χ2n) is 5.62. The molecule has 2 aliphatic heterocycles. The Morgan fingerprint density at radius 3 is 2.90 bits per heavy atom. The van der Waals surface area contributed by atoms with Gasteiger partial charge < -0.3 is 20.1 Å². The lowest BCUT2D eigenvalue weighted by atomic mass is 9.93. The normalized spacial score (nSPS) is 26.1. The Morgan fingerprint density at radius 2 is 2.24 bits per heavy atom. The summed E-state index contributed by atoms with van der Waals surface area (Å²) in [4.78, 5) is 12.6. The Morgan fingerprint density at radius 1 is 1.43 bits per heavy atom. The first-order valence-corrected chi connectivity index (χ1v) is 7.63. The summed E-state index contributed by atoms with van der Waals surface area (Å²) in [7, 11) is 0. The first kappa shape index (κ1) is 14.5. The van der Waals surface area contributed by atoms with Gasteiger partial charge in [0.05, 0.1) is 18.8 Å². The summed E-state index contributed by atoms with van der Waals surface area (Å²) in [6.45, 7) is 4.19. The minimum absolute atomic E-state index is 0.0490. The number of ether oxygens (including phenoxy) is 2. The lowest BCUT2D eigenvalue weighted by molar-refractivity contribution is -0.122. The molecular formula is C16H22N2O3. The van der Waals surface area contributed by atoms with E-state index in [0.29, 0.717) is 13.2 Å². The number of rotatable bonds is 4. The van der Waals surface area contributed by atoms with E-state index in [-0.39, 0.29) is 12.2 Å². The van der Waals surface area contributed by atoms with Crippen molar-refractivity contribution in [2.24, 2.45) is 0 Å². The quantitative estimate of drug-likeness (QED) is 0.892. The van der Waals surface area contributed by atoms with E-state index in [1.54, 1.807) is 0 Å². The maximum absolute atomic E-state index is 12.6. The van der Waals surface area contributed by atoms with Gasteiger partial charge in [-0.2, -0.15) is 0 Å². The lowest BCUT2D eigenvalue weighted by Crippen LogP contribution is -2.50. The minimum Gasteiger partial charge on any atom is -0.346 e. The second kappa shape index (κ2) is 6.13. The predicted molar refractivity (Wildman–Crippen MR) is 80.0 cm³/mol. The molecule has 0 radical (unpaired) electrons. The molecule has 3 rings (SSSR count). The molecular weight excluding hydrogens is 268 g/mol. The fourth-order valence-corrected chi connectivity index (χ4v) is 3.03. The molecule has 1 aromatic rings. The van der Waals surface area contributed by atoms with Gasteiger partial charge in [0.15, 0.2) is 6.29 Å². The molecule has 1 amide bonds. The van der Waals surface area contributed by atoms with E-state index in [4.69, 9.17) is 9.47 Å². The van der Waals surface area contributed by atoms with Crippen molar-refractivity contribution in [2.75, 3.05) is 25.1 Å².